The van der Waals surface area contributed by atoms with Crippen LogP contribution in [0.15, 0.2) is 35.2 Å². The number of halogens is 2. The van der Waals surface area contributed by atoms with Gasteiger partial charge in [-0.2, -0.15) is 0 Å². The van der Waals surface area contributed by atoms with Crippen LogP contribution in [-0.2, 0) is 0 Å². The first-order valence-electron chi connectivity index (χ1n) is 5.42. The molecule has 0 fully saturated rings. The summed E-state index contributed by atoms with van der Waals surface area (Å²) in [7, 11) is 0. The van der Waals surface area contributed by atoms with Crippen LogP contribution in [0.2, 0.25) is 10.0 Å². The zero-order valence-electron chi connectivity index (χ0n) is 9.54. The minimum atomic E-state index is 0.586. The molecule has 1 aromatic carbocycles. The van der Waals surface area contributed by atoms with Gasteiger partial charge in [0.1, 0.15) is 0 Å². The lowest BCUT2D eigenvalue weighted by Crippen LogP contribution is -2.16. The van der Waals surface area contributed by atoms with Gasteiger partial charge in [-0.15, -0.1) is 0 Å². The van der Waals surface area contributed by atoms with Gasteiger partial charge in [-0.1, -0.05) is 54.5 Å². The molecule has 0 saturated carbocycles. The predicted octanol–water partition coefficient (Wildman–Crippen LogP) is 5.22. The Balaban J connectivity index is 2.32. The van der Waals surface area contributed by atoms with Gasteiger partial charge >= 0.3 is 0 Å². The molecule has 1 heterocycles. The van der Waals surface area contributed by atoms with Crippen LogP contribution in [0.5, 0.6) is 0 Å². The lowest BCUT2D eigenvalue weighted by molar-refractivity contribution is 0.520. The van der Waals surface area contributed by atoms with Gasteiger partial charge in [0.2, 0.25) is 0 Å². The highest BCUT2D eigenvalue weighted by Gasteiger charge is 2.20. The van der Waals surface area contributed by atoms with Crippen LogP contribution in [-0.4, -0.2) is 11.4 Å². The third kappa shape index (κ3) is 2.65. The molecule has 0 bridgehead atoms. The topological polar surface area (TPSA) is 3.24 Å². The smallest absolute Gasteiger partial charge is 0.0722 e. The summed E-state index contributed by atoms with van der Waals surface area (Å²) in [5, 5.41) is 4.34. The van der Waals surface area contributed by atoms with Gasteiger partial charge in [0, 0.05) is 17.5 Å². The van der Waals surface area contributed by atoms with Gasteiger partial charge in [0.25, 0.3) is 0 Å². The molecule has 17 heavy (non-hydrogen) atoms. The Morgan fingerprint density at radius 3 is 2.71 bits per heavy atom. The van der Waals surface area contributed by atoms with E-state index in [1.165, 1.54) is 0 Å². The van der Waals surface area contributed by atoms with Crippen molar-refractivity contribution in [2.45, 2.75) is 13.3 Å². The standard InChI is InChI=1S/C13H13Cl2NS/c1-3-6-16-9(2)17-8-13(16)10-4-5-11(14)12(15)7-10/h4-5,7-8H,2-3,6H2,1H3. The van der Waals surface area contributed by atoms with Crippen molar-refractivity contribution in [3.63, 3.8) is 0 Å². The zero-order chi connectivity index (χ0) is 12.4. The highest BCUT2D eigenvalue weighted by Crippen LogP contribution is 2.39. The summed E-state index contributed by atoms with van der Waals surface area (Å²) in [6.07, 6.45) is 1.08. The number of hydrogen-bond acceptors (Lipinski definition) is 2. The van der Waals surface area contributed by atoms with Crippen molar-refractivity contribution in [2.24, 2.45) is 0 Å². The highest BCUT2D eigenvalue weighted by atomic mass is 35.5. The molecule has 0 aliphatic carbocycles. The van der Waals surface area contributed by atoms with Crippen LogP contribution >= 0.6 is 35.0 Å². The average molecular weight is 286 g/mol. The Hall–Kier alpha value is -0.570. The maximum atomic E-state index is 6.05. The summed E-state index contributed by atoms with van der Waals surface area (Å²) in [5.41, 5.74) is 2.24. The minimum Gasteiger partial charge on any atom is -0.336 e. The summed E-state index contributed by atoms with van der Waals surface area (Å²) in [4.78, 5) is 2.21. The fourth-order valence-electron chi connectivity index (χ4n) is 1.73. The molecule has 0 atom stereocenters. The molecule has 0 unspecified atom stereocenters. The number of benzene rings is 1. The van der Waals surface area contributed by atoms with Gasteiger partial charge in [-0.3, -0.25) is 0 Å². The SMILES string of the molecule is C=C1SC=C(c2ccc(Cl)c(Cl)c2)N1CCC. The molecule has 0 aromatic heterocycles. The molecular weight excluding hydrogens is 273 g/mol. The Bertz CT molecular complexity index is 482. The van der Waals surface area contributed by atoms with Gasteiger partial charge in [0.15, 0.2) is 0 Å². The first kappa shape index (κ1) is 12.9. The van der Waals surface area contributed by atoms with Crippen molar-refractivity contribution >= 4 is 40.7 Å². The Kier molecular flexibility index (Phi) is 4.08. The van der Waals surface area contributed by atoms with E-state index in [0.29, 0.717) is 10.0 Å². The van der Waals surface area contributed by atoms with Crippen LogP contribution in [0, 0.1) is 0 Å². The zero-order valence-corrected chi connectivity index (χ0v) is 11.9. The number of hydrogen-bond donors (Lipinski definition) is 0. The predicted molar refractivity (Wildman–Crippen MR) is 78.2 cm³/mol. The molecule has 0 spiro atoms. The maximum Gasteiger partial charge on any atom is 0.0722 e. The second-order valence-corrected chi connectivity index (χ2v) is 5.55. The summed E-state index contributed by atoms with van der Waals surface area (Å²) < 4.78 is 0. The van der Waals surface area contributed by atoms with Crippen molar-refractivity contribution in [2.75, 3.05) is 6.54 Å². The maximum absolute atomic E-state index is 6.05. The molecular formula is C13H13Cl2NS. The first-order valence-corrected chi connectivity index (χ1v) is 7.05. The molecule has 1 aromatic rings. The number of nitrogens with zero attached hydrogens (tertiary/aromatic N) is 1. The molecule has 90 valence electrons. The molecule has 1 aliphatic rings. The van der Waals surface area contributed by atoms with E-state index in [0.717, 1.165) is 29.3 Å². The molecule has 1 aliphatic heterocycles. The largest absolute Gasteiger partial charge is 0.336 e. The van der Waals surface area contributed by atoms with Gasteiger partial charge in [-0.05, 0) is 18.6 Å². The van der Waals surface area contributed by atoms with Crippen molar-refractivity contribution in [3.05, 3.63) is 50.8 Å². The second kappa shape index (κ2) is 5.38. The van der Waals surface area contributed by atoms with Crippen molar-refractivity contribution < 1.29 is 0 Å². The fraction of sp³-hybridized carbons (Fsp3) is 0.231. The number of thioether (sulfide) groups is 1. The molecule has 0 radical (unpaired) electrons. The van der Waals surface area contributed by atoms with Crippen LogP contribution in [0.1, 0.15) is 18.9 Å². The molecule has 2 rings (SSSR count). The Morgan fingerprint density at radius 2 is 2.06 bits per heavy atom. The van der Waals surface area contributed by atoms with Crippen molar-refractivity contribution in [1.29, 1.82) is 0 Å². The van der Waals surface area contributed by atoms with Gasteiger partial charge in [-0.25, -0.2) is 0 Å². The minimum absolute atomic E-state index is 0.586. The average Bonchev–Trinajstić information content (AvgIpc) is 2.66. The van der Waals surface area contributed by atoms with Crippen molar-refractivity contribution in [1.82, 2.24) is 4.90 Å². The van der Waals surface area contributed by atoms with Crippen molar-refractivity contribution in [3.8, 4) is 0 Å². The van der Waals surface area contributed by atoms with E-state index in [1.54, 1.807) is 11.8 Å². The lowest BCUT2D eigenvalue weighted by Gasteiger charge is -2.22. The number of rotatable bonds is 3. The fourth-order valence-corrected chi connectivity index (χ4v) is 2.86. The molecule has 0 saturated heterocycles. The third-order valence-electron chi connectivity index (χ3n) is 2.56. The molecule has 0 amide bonds. The Labute approximate surface area is 116 Å². The van der Waals surface area contributed by atoms with E-state index in [9.17, 15) is 0 Å². The third-order valence-corrected chi connectivity index (χ3v) is 4.13. The van der Waals surface area contributed by atoms with Crippen LogP contribution in [0.4, 0.5) is 0 Å². The second-order valence-electron chi connectivity index (χ2n) is 3.80. The summed E-state index contributed by atoms with van der Waals surface area (Å²) >= 11 is 13.6. The van der Waals surface area contributed by atoms with Gasteiger partial charge < -0.3 is 4.90 Å². The van der Waals surface area contributed by atoms with Gasteiger partial charge in [0.05, 0.1) is 20.8 Å². The van der Waals surface area contributed by atoms with Crippen LogP contribution in [0.3, 0.4) is 0 Å². The quantitative estimate of drug-likeness (QED) is 0.749. The van der Waals surface area contributed by atoms with E-state index in [4.69, 9.17) is 23.2 Å². The monoisotopic (exact) mass is 285 g/mol. The molecule has 1 nitrogen and oxygen atoms in total. The van der Waals surface area contributed by atoms with E-state index in [-0.39, 0.29) is 0 Å². The molecule has 4 heteroatoms. The summed E-state index contributed by atoms with van der Waals surface area (Å²) in [6.45, 7) is 7.17. The van der Waals surface area contributed by atoms with E-state index >= 15 is 0 Å². The Morgan fingerprint density at radius 1 is 1.29 bits per heavy atom. The van der Waals surface area contributed by atoms with Crippen LogP contribution < -0.4 is 0 Å². The summed E-state index contributed by atoms with van der Waals surface area (Å²) in [5.74, 6) is 0. The summed E-state index contributed by atoms with van der Waals surface area (Å²) in [6, 6.07) is 5.72. The van der Waals surface area contributed by atoms with E-state index in [1.807, 2.05) is 18.2 Å². The molecule has 0 N–H and O–H groups in total. The first-order chi connectivity index (χ1) is 8.13. The van der Waals surface area contributed by atoms with E-state index < -0.39 is 0 Å². The highest BCUT2D eigenvalue weighted by molar-refractivity contribution is 8.06. The normalized spacial score (nSPS) is 15.4. The van der Waals surface area contributed by atoms with E-state index in [2.05, 4.69) is 23.8 Å². The lowest BCUT2D eigenvalue weighted by atomic mass is 10.1. The van der Waals surface area contributed by atoms with Crippen LogP contribution in [0.25, 0.3) is 5.70 Å².